The fourth-order valence-corrected chi connectivity index (χ4v) is 3.27. The monoisotopic (exact) mass is 416 g/mol. The molecule has 0 aliphatic heterocycles. The Balaban J connectivity index is 1.57. The molecule has 0 heterocycles. The molecular formula is C26H28N2O3. The lowest BCUT2D eigenvalue weighted by molar-refractivity contribution is -0.118. The van der Waals surface area contributed by atoms with Gasteiger partial charge in [0.25, 0.3) is 11.8 Å². The Labute approximate surface area is 183 Å². The molecule has 0 radical (unpaired) electrons. The first-order valence-corrected chi connectivity index (χ1v) is 10.5. The lowest BCUT2D eigenvalue weighted by atomic mass is 10.0. The average molecular weight is 417 g/mol. The number of benzene rings is 3. The summed E-state index contributed by atoms with van der Waals surface area (Å²) >= 11 is 0. The van der Waals surface area contributed by atoms with Crippen LogP contribution >= 0.6 is 0 Å². The lowest BCUT2D eigenvalue weighted by Gasteiger charge is -2.15. The van der Waals surface area contributed by atoms with E-state index in [1.54, 1.807) is 24.3 Å². The molecule has 0 aliphatic rings. The molecule has 2 amide bonds. The Kier molecular flexibility index (Phi) is 7.82. The highest BCUT2D eigenvalue weighted by atomic mass is 16.5. The van der Waals surface area contributed by atoms with Crippen molar-refractivity contribution in [3.63, 3.8) is 0 Å². The van der Waals surface area contributed by atoms with Gasteiger partial charge in [0.2, 0.25) is 0 Å². The zero-order chi connectivity index (χ0) is 22.1. The van der Waals surface area contributed by atoms with Crippen molar-refractivity contribution < 1.29 is 14.3 Å². The molecule has 0 aliphatic carbocycles. The van der Waals surface area contributed by atoms with E-state index in [1.807, 2.05) is 54.6 Å². The zero-order valence-corrected chi connectivity index (χ0v) is 17.9. The number of ether oxygens (including phenoxy) is 1. The van der Waals surface area contributed by atoms with Crippen molar-refractivity contribution in [1.82, 2.24) is 5.32 Å². The number of rotatable bonds is 9. The molecule has 0 spiro atoms. The van der Waals surface area contributed by atoms with Crippen molar-refractivity contribution in [3.8, 4) is 5.75 Å². The minimum Gasteiger partial charge on any atom is -0.483 e. The molecule has 5 heteroatoms. The van der Waals surface area contributed by atoms with E-state index in [1.165, 1.54) is 0 Å². The molecule has 0 aromatic heterocycles. The van der Waals surface area contributed by atoms with Gasteiger partial charge in [-0.1, -0.05) is 74.5 Å². The molecule has 31 heavy (non-hydrogen) atoms. The molecular weight excluding hydrogens is 388 g/mol. The predicted octanol–water partition coefficient (Wildman–Crippen LogP) is 4.80. The zero-order valence-electron chi connectivity index (χ0n) is 17.9. The smallest absolute Gasteiger partial charge is 0.262 e. The van der Waals surface area contributed by atoms with Gasteiger partial charge in [-0.3, -0.25) is 9.59 Å². The standard InChI is InChI=1S/C26H28N2O3/c1-19(2)21-12-7-9-15-24(21)31-18-25(29)28-23-14-8-6-13-22(23)26(30)27-17-16-20-10-4-3-5-11-20/h3-15,19H,16-18H2,1-2H3,(H,27,30)(H,28,29). The fourth-order valence-electron chi connectivity index (χ4n) is 3.27. The third-order valence-electron chi connectivity index (χ3n) is 4.89. The van der Waals surface area contributed by atoms with Crippen LogP contribution in [0.4, 0.5) is 5.69 Å². The number of nitrogens with one attached hydrogen (secondary N) is 2. The van der Waals surface area contributed by atoms with E-state index in [0.29, 0.717) is 29.5 Å². The lowest BCUT2D eigenvalue weighted by Crippen LogP contribution is -2.28. The van der Waals surface area contributed by atoms with E-state index in [4.69, 9.17) is 4.74 Å². The summed E-state index contributed by atoms with van der Waals surface area (Å²) in [6, 6.07) is 24.6. The van der Waals surface area contributed by atoms with Crippen LogP contribution in [0.2, 0.25) is 0 Å². The maximum absolute atomic E-state index is 12.6. The molecule has 0 saturated carbocycles. The van der Waals surface area contributed by atoms with E-state index in [2.05, 4.69) is 24.5 Å². The predicted molar refractivity (Wildman–Crippen MR) is 124 cm³/mol. The second kappa shape index (κ2) is 11.0. The van der Waals surface area contributed by atoms with Gasteiger partial charge < -0.3 is 15.4 Å². The Morgan fingerprint density at radius 1 is 0.871 bits per heavy atom. The van der Waals surface area contributed by atoms with Crippen LogP contribution in [-0.2, 0) is 11.2 Å². The van der Waals surface area contributed by atoms with Gasteiger partial charge in [0.15, 0.2) is 6.61 Å². The first-order valence-electron chi connectivity index (χ1n) is 10.5. The minimum atomic E-state index is -0.317. The molecule has 3 aromatic carbocycles. The highest BCUT2D eigenvalue weighted by molar-refractivity contribution is 6.04. The van der Waals surface area contributed by atoms with E-state index < -0.39 is 0 Å². The maximum Gasteiger partial charge on any atom is 0.262 e. The molecule has 160 valence electrons. The Morgan fingerprint density at radius 2 is 1.55 bits per heavy atom. The van der Waals surface area contributed by atoms with Gasteiger partial charge in [0.05, 0.1) is 11.3 Å². The number of carbonyl (C=O) groups excluding carboxylic acids is 2. The van der Waals surface area contributed by atoms with Crippen LogP contribution in [0, 0.1) is 0 Å². The van der Waals surface area contributed by atoms with Crippen LogP contribution in [0.5, 0.6) is 5.75 Å². The number of para-hydroxylation sites is 2. The summed E-state index contributed by atoms with van der Waals surface area (Å²) in [5.74, 6) is 0.445. The van der Waals surface area contributed by atoms with Crippen molar-refractivity contribution in [3.05, 3.63) is 95.6 Å². The first kappa shape index (κ1) is 22.1. The first-order chi connectivity index (χ1) is 15.0. The van der Waals surface area contributed by atoms with Crippen molar-refractivity contribution in [1.29, 1.82) is 0 Å². The number of amides is 2. The molecule has 3 rings (SSSR count). The van der Waals surface area contributed by atoms with Gasteiger partial charge in [-0.25, -0.2) is 0 Å². The van der Waals surface area contributed by atoms with Crippen LogP contribution in [0.1, 0.15) is 41.3 Å². The summed E-state index contributed by atoms with van der Waals surface area (Å²) in [5.41, 5.74) is 3.09. The third-order valence-corrected chi connectivity index (χ3v) is 4.89. The van der Waals surface area contributed by atoms with Gasteiger partial charge in [-0.15, -0.1) is 0 Å². The topological polar surface area (TPSA) is 67.4 Å². The summed E-state index contributed by atoms with van der Waals surface area (Å²) in [6.07, 6.45) is 0.740. The summed E-state index contributed by atoms with van der Waals surface area (Å²) in [7, 11) is 0. The number of hydrogen-bond acceptors (Lipinski definition) is 3. The summed E-state index contributed by atoms with van der Waals surface area (Å²) in [4.78, 5) is 25.1. The SMILES string of the molecule is CC(C)c1ccccc1OCC(=O)Nc1ccccc1C(=O)NCCc1ccccc1. The van der Waals surface area contributed by atoms with Crippen LogP contribution in [-0.4, -0.2) is 25.0 Å². The molecule has 0 atom stereocenters. The third kappa shape index (κ3) is 6.44. The van der Waals surface area contributed by atoms with Crippen LogP contribution in [0.15, 0.2) is 78.9 Å². The minimum absolute atomic E-state index is 0.131. The van der Waals surface area contributed by atoms with E-state index in [9.17, 15) is 9.59 Å². The van der Waals surface area contributed by atoms with Gasteiger partial charge in [-0.2, -0.15) is 0 Å². The molecule has 0 bridgehead atoms. The normalized spacial score (nSPS) is 10.5. The molecule has 5 nitrogen and oxygen atoms in total. The molecule has 2 N–H and O–H groups in total. The average Bonchev–Trinajstić information content (AvgIpc) is 2.79. The Hall–Kier alpha value is -3.60. The van der Waals surface area contributed by atoms with Gasteiger partial charge in [0.1, 0.15) is 5.75 Å². The number of anilines is 1. The molecule has 0 unspecified atom stereocenters. The maximum atomic E-state index is 12.6. The molecule has 0 saturated heterocycles. The summed E-state index contributed by atoms with van der Waals surface area (Å²) in [5, 5.41) is 5.71. The second-order valence-electron chi connectivity index (χ2n) is 7.57. The highest BCUT2D eigenvalue weighted by Gasteiger charge is 2.14. The van der Waals surface area contributed by atoms with Crippen LogP contribution in [0.3, 0.4) is 0 Å². The number of carbonyl (C=O) groups is 2. The van der Waals surface area contributed by atoms with Crippen molar-refractivity contribution >= 4 is 17.5 Å². The van der Waals surface area contributed by atoms with Gasteiger partial charge in [-0.05, 0) is 41.7 Å². The molecule has 3 aromatic rings. The van der Waals surface area contributed by atoms with Gasteiger partial charge >= 0.3 is 0 Å². The Bertz CT molecular complexity index is 1020. The van der Waals surface area contributed by atoms with Crippen LogP contribution < -0.4 is 15.4 Å². The summed E-state index contributed by atoms with van der Waals surface area (Å²) < 4.78 is 5.73. The van der Waals surface area contributed by atoms with Gasteiger partial charge in [0, 0.05) is 6.54 Å². The second-order valence-corrected chi connectivity index (χ2v) is 7.57. The van der Waals surface area contributed by atoms with Crippen molar-refractivity contribution in [2.24, 2.45) is 0 Å². The van der Waals surface area contributed by atoms with E-state index >= 15 is 0 Å². The van der Waals surface area contributed by atoms with Crippen molar-refractivity contribution in [2.75, 3.05) is 18.5 Å². The van der Waals surface area contributed by atoms with Crippen molar-refractivity contribution in [2.45, 2.75) is 26.2 Å². The Morgan fingerprint density at radius 3 is 2.32 bits per heavy atom. The number of hydrogen-bond donors (Lipinski definition) is 2. The quantitative estimate of drug-likeness (QED) is 0.527. The van der Waals surface area contributed by atoms with Crippen LogP contribution in [0.25, 0.3) is 0 Å². The molecule has 0 fully saturated rings. The highest BCUT2D eigenvalue weighted by Crippen LogP contribution is 2.25. The summed E-state index contributed by atoms with van der Waals surface area (Å²) in [6.45, 7) is 4.54. The largest absolute Gasteiger partial charge is 0.483 e. The van der Waals surface area contributed by atoms with E-state index in [-0.39, 0.29) is 18.4 Å². The fraction of sp³-hybridized carbons (Fsp3) is 0.231. The van der Waals surface area contributed by atoms with E-state index in [0.717, 1.165) is 17.5 Å².